The fraction of sp³-hybridized carbons (Fsp3) is 0.333. The van der Waals surface area contributed by atoms with Gasteiger partial charge in [0.05, 0.1) is 7.11 Å². The molecule has 0 amide bonds. The van der Waals surface area contributed by atoms with Gasteiger partial charge in [0.25, 0.3) is 0 Å². The maximum absolute atomic E-state index is 5.94. The van der Waals surface area contributed by atoms with E-state index in [1.807, 2.05) is 31.2 Å². The molecule has 0 saturated heterocycles. The van der Waals surface area contributed by atoms with Crippen molar-refractivity contribution in [3.8, 4) is 11.5 Å². The second kappa shape index (κ2) is 6.64. The van der Waals surface area contributed by atoms with Crippen molar-refractivity contribution in [1.29, 1.82) is 0 Å². The molecule has 2 N–H and O–H groups in total. The Bertz CT molecular complexity index is 621. The van der Waals surface area contributed by atoms with Crippen LogP contribution < -0.4 is 15.2 Å². The highest BCUT2D eigenvalue weighted by molar-refractivity contribution is 5.39. The molecule has 0 aliphatic rings. The van der Waals surface area contributed by atoms with Gasteiger partial charge in [-0.25, -0.2) is 0 Å². The van der Waals surface area contributed by atoms with Crippen molar-refractivity contribution < 1.29 is 9.47 Å². The quantitative estimate of drug-likeness (QED) is 0.905. The van der Waals surface area contributed by atoms with Gasteiger partial charge in [0, 0.05) is 11.6 Å². The maximum Gasteiger partial charge on any atom is 0.125 e. The van der Waals surface area contributed by atoms with Crippen LogP contribution in [0.5, 0.6) is 11.5 Å². The minimum absolute atomic E-state index is 0.00345. The lowest BCUT2D eigenvalue weighted by atomic mass is 10.1. The molecule has 112 valence electrons. The number of nitrogens with two attached hydrogens (primary N) is 1. The van der Waals surface area contributed by atoms with E-state index in [0.717, 1.165) is 22.6 Å². The Kier molecular flexibility index (Phi) is 4.86. The van der Waals surface area contributed by atoms with Crippen molar-refractivity contribution in [1.82, 2.24) is 0 Å². The lowest BCUT2D eigenvalue weighted by Crippen LogP contribution is -2.07. The summed E-state index contributed by atoms with van der Waals surface area (Å²) in [5.41, 5.74) is 10.5. The first-order valence-electron chi connectivity index (χ1n) is 7.13. The summed E-state index contributed by atoms with van der Waals surface area (Å²) >= 11 is 0. The van der Waals surface area contributed by atoms with Crippen LogP contribution in [0, 0.1) is 13.8 Å². The Morgan fingerprint density at radius 3 is 2.43 bits per heavy atom. The fourth-order valence-electron chi connectivity index (χ4n) is 2.16. The van der Waals surface area contributed by atoms with Crippen LogP contribution in [0.15, 0.2) is 36.4 Å². The molecule has 0 aliphatic heterocycles. The van der Waals surface area contributed by atoms with Gasteiger partial charge in [-0.05, 0) is 61.7 Å². The summed E-state index contributed by atoms with van der Waals surface area (Å²) in [5, 5.41) is 0. The summed E-state index contributed by atoms with van der Waals surface area (Å²) in [6.07, 6.45) is 0. The first kappa shape index (κ1) is 15.4. The van der Waals surface area contributed by atoms with Crippen LogP contribution in [-0.4, -0.2) is 7.11 Å². The molecule has 1 unspecified atom stereocenters. The van der Waals surface area contributed by atoms with Gasteiger partial charge in [-0.2, -0.15) is 0 Å². The molecule has 0 aliphatic carbocycles. The lowest BCUT2D eigenvalue weighted by Gasteiger charge is -2.14. The predicted molar refractivity (Wildman–Crippen MR) is 85.8 cm³/mol. The summed E-state index contributed by atoms with van der Waals surface area (Å²) in [6.45, 7) is 6.61. The topological polar surface area (TPSA) is 44.5 Å². The number of ether oxygens (including phenoxy) is 2. The molecular formula is C18H23NO2. The van der Waals surface area contributed by atoms with Gasteiger partial charge in [-0.1, -0.05) is 12.1 Å². The standard InChI is InChI=1S/C18H23NO2/c1-12-5-7-17(9-13(12)2)21-11-16-10-15(14(3)19)6-8-18(16)20-4/h5-10,14H,11,19H2,1-4H3. The van der Waals surface area contributed by atoms with Gasteiger partial charge in [-0.15, -0.1) is 0 Å². The van der Waals surface area contributed by atoms with Crippen molar-refractivity contribution in [2.75, 3.05) is 7.11 Å². The van der Waals surface area contributed by atoms with Crippen LogP contribution in [0.1, 0.15) is 35.2 Å². The number of methoxy groups -OCH3 is 1. The van der Waals surface area contributed by atoms with Crippen molar-refractivity contribution in [2.45, 2.75) is 33.4 Å². The molecule has 21 heavy (non-hydrogen) atoms. The SMILES string of the molecule is COc1ccc(C(C)N)cc1COc1ccc(C)c(C)c1. The fourth-order valence-corrected chi connectivity index (χ4v) is 2.16. The van der Waals surface area contributed by atoms with Crippen molar-refractivity contribution in [3.63, 3.8) is 0 Å². The van der Waals surface area contributed by atoms with Gasteiger partial charge < -0.3 is 15.2 Å². The van der Waals surface area contributed by atoms with E-state index in [1.54, 1.807) is 7.11 Å². The second-order valence-electron chi connectivity index (χ2n) is 5.39. The van der Waals surface area contributed by atoms with E-state index in [4.69, 9.17) is 15.2 Å². The van der Waals surface area contributed by atoms with Crippen LogP contribution in [0.2, 0.25) is 0 Å². The third-order valence-electron chi connectivity index (χ3n) is 3.70. The molecule has 2 aromatic carbocycles. The molecule has 0 bridgehead atoms. The highest BCUT2D eigenvalue weighted by atomic mass is 16.5. The van der Waals surface area contributed by atoms with E-state index in [1.165, 1.54) is 11.1 Å². The minimum atomic E-state index is -0.00345. The molecule has 0 fully saturated rings. The van der Waals surface area contributed by atoms with E-state index in [0.29, 0.717) is 6.61 Å². The molecular weight excluding hydrogens is 262 g/mol. The van der Waals surface area contributed by atoms with Crippen LogP contribution in [0.4, 0.5) is 0 Å². The summed E-state index contributed by atoms with van der Waals surface area (Å²) in [5.74, 6) is 1.69. The molecule has 0 aromatic heterocycles. The lowest BCUT2D eigenvalue weighted by molar-refractivity contribution is 0.296. The Hall–Kier alpha value is -2.00. The zero-order valence-corrected chi connectivity index (χ0v) is 13.1. The Morgan fingerprint density at radius 2 is 1.81 bits per heavy atom. The van der Waals surface area contributed by atoms with Crippen LogP contribution in [0.25, 0.3) is 0 Å². The number of rotatable bonds is 5. The average molecular weight is 285 g/mol. The van der Waals surface area contributed by atoms with Crippen LogP contribution >= 0.6 is 0 Å². The number of benzene rings is 2. The summed E-state index contributed by atoms with van der Waals surface area (Å²) in [6, 6.07) is 12.1. The van der Waals surface area contributed by atoms with Crippen LogP contribution in [0.3, 0.4) is 0 Å². The van der Waals surface area contributed by atoms with Crippen molar-refractivity contribution in [3.05, 3.63) is 58.7 Å². The number of hydrogen-bond donors (Lipinski definition) is 1. The summed E-state index contributed by atoms with van der Waals surface area (Å²) < 4.78 is 11.3. The van der Waals surface area contributed by atoms with Gasteiger partial charge in [0.15, 0.2) is 0 Å². The third kappa shape index (κ3) is 3.76. The predicted octanol–water partition coefficient (Wildman–Crippen LogP) is 3.91. The van der Waals surface area contributed by atoms with Crippen LogP contribution in [-0.2, 0) is 6.61 Å². The largest absolute Gasteiger partial charge is 0.496 e. The molecule has 3 heteroatoms. The first-order valence-corrected chi connectivity index (χ1v) is 7.13. The van der Waals surface area contributed by atoms with E-state index >= 15 is 0 Å². The van der Waals surface area contributed by atoms with Crippen molar-refractivity contribution >= 4 is 0 Å². The summed E-state index contributed by atoms with van der Waals surface area (Å²) in [4.78, 5) is 0. The van der Waals surface area contributed by atoms with Gasteiger partial charge >= 0.3 is 0 Å². The normalized spacial score (nSPS) is 12.0. The zero-order valence-electron chi connectivity index (χ0n) is 13.1. The molecule has 0 spiro atoms. The molecule has 1 atom stereocenters. The Morgan fingerprint density at radius 1 is 1.05 bits per heavy atom. The summed E-state index contributed by atoms with van der Waals surface area (Å²) in [7, 11) is 1.67. The van der Waals surface area contributed by atoms with Crippen molar-refractivity contribution in [2.24, 2.45) is 5.73 Å². The molecule has 0 saturated carbocycles. The average Bonchev–Trinajstić information content (AvgIpc) is 2.48. The van der Waals surface area contributed by atoms with E-state index < -0.39 is 0 Å². The monoisotopic (exact) mass is 285 g/mol. The molecule has 2 rings (SSSR count). The van der Waals surface area contributed by atoms with E-state index in [-0.39, 0.29) is 6.04 Å². The number of hydrogen-bond acceptors (Lipinski definition) is 3. The molecule has 2 aromatic rings. The minimum Gasteiger partial charge on any atom is -0.496 e. The van der Waals surface area contributed by atoms with E-state index in [9.17, 15) is 0 Å². The van der Waals surface area contributed by atoms with Gasteiger partial charge in [0.1, 0.15) is 18.1 Å². The smallest absolute Gasteiger partial charge is 0.125 e. The van der Waals surface area contributed by atoms with E-state index in [2.05, 4.69) is 26.0 Å². The molecule has 0 radical (unpaired) electrons. The first-order chi connectivity index (χ1) is 10.0. The maximum atomic E-state index is 5.94. The number of aryl methyl sites for hydroxylation is 2. The Labute approximate surface area is 126 Å². The molecule has 3 nitrogen and oxygen atoms in total. The highest BCUT2D eigenvalue weighted by Crippen LogP contribution is 2.25. The van der Waals surface area contributed by atoms with Gasteiger partial charge in [-0.3, -0.25) is 0 Å². The third-order valence-corrected chi connectivity index (χ3v) is 3.70. The Balaban J connectivity index is 2.17. The molecule has 0 heterocycles. The highest BCUT2D eigenvalue weighted by Gasteiger charge is 2.08. The zero-order chi connectivity index (χ0) is 15.4. The second-order valence-corrected chi connectivity index (χ2v) is 5.39. The van der Waals surface area contributed by atoms with Gasteiger partial charge in [0.2, 0.25) is 0 Å².